The zero-order valence-electron chi connectivity index (χ0n) is 19.5. The van der Waals surface area contributed by atoms with E-state index < -0.39 is 11.6 Å². The Balaban J connectivity index is 1.34. The van der Waals surface area contributed by atoms with Gasteiger partial charge in [-0.3, -0.25) is 19.6 Å². The number of likely N-dealkylation sites (tertiary alicyclic amines) is 1. The van der Waals surface area contributed by atoms with Crippen molar-refractivity contribution in [1.29, 1.82) is 0 Å². The minimum atomic E-state index is -0.884. The van der Waals surface area contributed by atoms with Gasteiger partial charge in [0.1, 0.15) is 5.54 Å². The van der Waals surface area contributed by atoms with Crippen LogP contribution in [0.2, 0.25) is 0 Å². The molecule has 8 nitrogen and oxygen atoms in total. The van der Waals surface area contributed by atoms with Crippen LogP contribution in [0.25, 0.3) is 0 Å². The van der Waals surface area contributed by atoms with Gasteiger partial charge in [-0.2, -0.15) is 5.10 Å². The Morgan fingerprint density at radius 2 is 1.88 bits per heavy atom. The Kier molecular flexibility index (Phi) is 6.81. The summed E-state index contributed by atoms with van der Waals surface area (Å²) in [6, 6.07) is 11.8. The van der Waals surface area contributed by atoms with Crippen molar-refractivity contribution in [3.63, 3.8) is 0 Å². The number of imide groups is 1. The molecule has 0 saturated carbocycles. The number of nitrogens with one attached hydrogen (secondary N) is 2. The van der Waals surface area contributed by atoms with E-state index in [1.165, 1.54) is 5.56 Å². The van der Waals surface area contributed by atoms with Gasteiger partial charge < -0.3 is 10.2 Å². The van der Waals surface area contributed by atoms with Crippen LogP contribution in [0.5, 0.6) is 0 Å². The molecule has 3 heterocycles. The smallest absolute Gasteiger partial charge is 0.322 e. The Bertz CT molecular complexity index is 1010. The molecule has 8 heteroatoms. The number of aromatic nitrogens is 2. The maximum atomic E-state index is 12.9. The van der Waals surface area contributed by atoms with Crippen molar-refractivity contribution in [3.8, 4) is 0 Å². The van der Waals surface area contributed by atoms with E-state index in [0.29, 0.717) is 45.3 Å². The highest BCUT2D eigenvalue weighted by Crippen LogP contribution is 2.35. The second-order valence-corrected chi connectivity index (χ2v) is 9.27. The van der Waals surface area contributed by atoms with Crippen molar-refractivity contribution in [1.82, 2.24) is 25.3 Å². The third kappa shape index (κ3) is 5.10. The monoisotopic (exact) mass is 451 g/mol. The summed E-state index contributed by atoms with van der Waals surface area (Å²) in [7, 11) is 0. The number of rotatable bonds is 8. The first-order valence-electron chi connectivity index (χ1n) is 11.8. The van der Waals surface area contributed by atoms with Crippen LogP contribution in [-0.4, -0.2) is 51.2 Å². The Morgan fingerprint density at radius 3 is 2.48 bits per heavy atom. The molecule has 2 aliphatic rings. The largest absolute Gasteiger partial charge is 0.343 e. The number of carbonyl (C=O) groups excluding carboxylic acids is 3. The van der Waals surface area contributed by atoms with Gasteiger partial charge in [0, 0.05) is 31.7 Å². The fourth-order valence-corrected chi connectivity index (χ4v) is 5.27. The summed E-state index contributed by atoms with van der Waals surface area (Å²) in [5.74, 6) is -0.103. The van der Waals surface area contributed by atoms with Gasteiger partial charge in [0.15, 0.2) is 0 Å². The molecule has 2 aliphatic heterocycles. The molecule has 33 heavy (non-hydrogen) atoms. The van der Waals surface area contributed by atoms with E-state index in [2.05, 4.69) is 27.9 Å². The Morgan fingerprint density at radius 1 is 1.15 bits per heavy atom. The van der Waals surface area contributed by atoms with E-state index >= 15 is 0 Å². The highest BCUT2D eigenvalue weighted by atomic mass is 16.2. The van der Waals surface area contributed by atoms with E-state index in [9.17, 15) is 14.4 Å². The number of amides is 4. The SMILES string of the molecule is Cc1cc(C)n(CCC(=O)N2CCC([C@@]3(CCCc4ccccc4)NC(=O)NC3=O)CC2)n1. The van der Waals surface area contributed by atoms with Gasteiger partial charge in [0.25, 0.3) is 5.91 Å². The summed E-state index contributed by atoms with van der Waals surface area (Å²) in [6.07, 6.45) is 4.06. The molecule has 4 rings (SSSR count). The molecule has 2 fully saturated rings. The number of urea groups is 1. The molecule has 0 bridgehead atoms. The summed E-state index contributed by atoms with van der Waals surface area (Å²) in [5, 5.41) is 9.84. The van der Waals surface area contributed by atoms with Gasteiger partial charge in [-0.05, 0) is 63.5 Å². The van der Waals surface area contributed by atoms with E-state index in [4.69, 9.17) is 0 Å². The number of nitrogens with zero attached hydrogens (tertiary/aromatic N) is 3. The number of hydrogen-bond donors (Lipinski definition) is 2. The van der Waals surface area contributed by atoms with Gasteiger partial charge in [0.05, 0.1) is 5.69 Å². The molecular formula is C25H33N5O3. The summed E-state index contributed by atoms with van der Waals surface area (Å²) in [6.45, 7) is 5.71. The average molecular weight is 452 g/mol. The van der Waals surface area contributed by atoms with Gasteiger partial charge in [0.2, 0.25) is 5.91 Å². The summed E-state index contributed by atoms with van der Waals surface area (Å²) >= 11 is 0. The molecule has 0 unspecified atom stereocenters. The number of hydrogen-bond acceptors (Lipinski definition) is 4. The maximum absolute atomic E-state index is 12.9. The van der Waals surface area contributed by atoms with Gasteiger partial charge >= 0.3 is 6.03 Å². The zero-order valence-corrected chi connectivity index (χ0v) is 19.5. The summed E-state index contributed by atoms with van der Waals surface area (Å²) in [4.78, 5) is 39.6. The predicted octanol–water partition coefficient (Wildman–Crippen LogP) is 2.73. The minimum absolute atomic E-state index is 0.0137. The molecule has 0 aliphatic carbocycles. The van der Waals surface area contributed by atoms with Gasteiger partial charge in [-0.15, -0.1) is 0 Å². The lowest BCUT2D eigenvalue weighted by Gasteiger charge is -2.40. The highest BCUT2D eigenvalue weighted by Gasteiger charge is 2.51. The number of aryl methyl sites for hydroxylation is 4. The van der Waals surface area contributed by atoms with Crippen molar-refractivity contribution in [2.75, 3.05) is 13.1 Å². The van der Waals surface area contributed by atoms with E-state index in [0.717, 1.165) is 24.2 Å². The van der Waals surface area contributed by atoms with Crippen molar-refractivity contribution in [3.05, 3.63) is 53.3 Å². The molecule has 1 aromatic carbocycles. The van der Waals surface area contributed by atoms with E-state index in [1.807, 2.05) is 47.7 Å². The van der Waals surface area contributed by atoms with Crippen LogP contribution in [0, 0.1) is 19.8 Å². The first-order valence-corrected chi connectivity index (χ1v) is 11.8. The normalized spacial score (nSPS) is 21.2. The molecule has 1 aromatic heterocycles. The Hall–Kier alpha value is -3.16. The standard InChI is InChI=1S/C25H33N5O3/c1-18-17-19(2)30(28-18)16-12-22(31)29-14-10-21(11-15-29)25(23(32)26-24(33)27-25)13-6-9-20-7-4-3-5-8-20/h3-5,7-8,17,21H,6,9-16H2,1-2H3,(H2,26,27,32,33)/t25-/m1/s1. The second kappa shape index (κ2) is 9.77. The molecular weight excluding hydrogens is 418 g/mol. The highest BCUT2D eigenvalue weighted by molar-refractivity contribution is 6.07. The number of piperidine rings is 1. The third-order valence-electron chi connectivity index (χ3n) is 7.03. The lowest BCUT2D eigenvalue weighted by atomic mass is 9.74. The van der Waals surface area contributed by atoms with Crippen molar-refractivity contribution in [2.45, 2.75) is 64.5 Å². The van der Waals surface area contributed by atoms with Crippen molar-refractivity contribution in [2.24, 2.45) is 5.92 Å². The van der Waals surface area contributed by atoms with Crippen LogP contribution in [-0.2, 0) is 22.6 Å². The lowest BCUT2D eigenvalue weighted by molar-refractivity contribution is -0.134. The predicted molar refractivity (Wildman–Crippen MR) is 124 cm³/mol. The van der Waals surface area contributed by atoms with Crippen LogP contribution in [0.15, 0.2) is 36.4 Å². The van der Waals surface area contributed by atoms with Crippen molar-refractivity contribution >= 4 is 17.8 Å². The van der Waals surface area contributed by atoms with Crippen LogP contribution in [0.4, 0.5) is 4.79 Å². The molecule has 2 aromatic rings. The first-order chi connectivity index (χ1) is 15.9. The first kappa shape index (κ1) is 23.0. The molecule has 0 spiro atoms. The maximum Gasteiger partial charge on any atom is 0.322 e. The fraction of sp³-hybridized carbons (Fsp3) is 0.520. The topological polar surface area (TPSA) is 96.3 Å². The average Bonchev–Trinajstić information content (AvgIpc) is 3.29. The van der Waals surface area contributed by atoms with Crippen LogP contribution >= 0.6 is 0 Å². The molecule has 0 radical (unpaired) electrons. The quantitative estimate of drug-likeness (QED) is 0.603. The summed E-state index contributed by atoms with van der Waals surface area (Å²) in [5.41, 5.74) is 2.35. The zero-order chi connectivity index (χ0) is 23.4. The second-order valence-electron chi connectivity index (χ2n) is 9.27. The van der Waals surface area contributed by atoms with Crippen LogP contribution in [0.1, 0.15) is 49.1 Å². The Labute approximate surface area is 194 Å². The number of benzene rings is 1. The third-order valence-corrected chi connectivity index (χ3v) is 7.03. The molecule has 2 saturated heterocycles. The van der Waals surface area contributed by atoms with Gasteiger partial charge in [-0.1, -0.05) is 30.3 Å². The van der Waals surface area contributed by atoms with Crippen LogP contribution < -0.4 is 10.6 Å². The number of carbonyl (C=O) groups is 3. The van der Waals surface area contributed by atoms with E-state index in [1.54, 1.807) is 0 Å². The fourth-order valence-electron chi connectivity index (χ4n) is 5.27. The van der Waals surface area contributed by atoms with Gasteiger partial charge in [-0.25, -0.2) is 4.79 Å². The van der Waals surface area contributed by atoms with Crippen LogP contribution in [0.3, 0.4) is 0 Å². The molecule has 176 valence electrons. The minimum Gasteiger partial charge on any atom is -0.343 e. The van der Waals surface area contributed by atoms with E-state index in [-0.39, 0.29) is 17.7 Å². The summed E-state index contributed by atoms with van der Waals surface area (Å²) < 4.78 is 1.88. The molecule has 4 amide bonds. The lowest BCUT2D eigenvalue weighted by Crippen LogP contribution is -2.56. The molecule has 1 atom stereocenters. The van der Waals surface area contributed by atoms with Crippen molar-refractivity contribution < 1.29 is 14.4 Å². The molecule has 2 N–H and O–H groups in total.